The van der Waals surface area contributed by atoms with Gasteiger partial charge in [0.1, 0.15) is 11.5 Å². The van der Waals surface area contributed by atoms with Crippen molar-refractivity contribution in [2.45, 2.75) is 32.6 Å². The molecular weight excluding hydrogens is 232 g/mol. The molecule has 1 N–H and O–H groups in total. The summed E-state index contributed by atoms with van der Waals surface area (Å²) in [5.74, 6) is 0.0523. The van der Waals surface area contributed by atoms with Crippen molar-refractivity contribution in [3.63, 3.8) is 0 Å². The molecule has 1 aromatic carbocycles. The number of methoxy groups -OCH3 is 2. The Labute approximate surface area is 108 Å². The van der Waals surface area contributed by atoms with Gasteiger partial charge in [0.25, 0.3) is 0 Å². The minimum absolute atomic E-state index is 0.255. The number of carbonyl (C=O) groups is 1. The second kappa shape index (κ2) is 5.76. The first-order valence-electron chi connectivity index (χ1n) is 5.91. The van der Waals surface area contributed by atoms with Crippen molar-refractivity contribution >= 4 is 5.97 Å². The quantitative estimate of drug-likeness (QED) is 0.875. The molecule has 0 aliphatic carbocycles. The van der Waals surface area contributed by atoms with Crippen molar-refractivity contribution in [2.75, 3.05) is 14.2 Å². The van der Waals surface area contributed by atoms with E-state index in [1.807, 2.05) is 19.9 Å². The molecule has 0 aliphatic rings. The molecule has 18 heavy (non-hydrogen) atoms. The molecule has 1 atom stereocenters. The number of carboxylic acids is 1. The van der Waals surface area contributed by atoms with Gasteiger partial charge in [-0.25, -0.2) is 0 Å². The van der Waals surface area contributed by atoms with Crippen LogP contribution in [0.25, 0.3) is 0 Å². The van der Waals surface area contributed by atoms with Gasteiger partial charge in [0.05, 0.1) is 20.1 Å². The Balaban J connectivity index is 3.40. The fourth-order valence-electron chi connectivity index (χ4n) is 1.87. The standard InChI is InChI=1S/C14H20O4/c1-8(2)10-6-11(9(3)14(15)16)13(18-5)7-12(10)17-4/h6-9H,1-5H3,(H,15,16). The molecule has 0 aromatic heterocycles. The Hall–Kier alpha value is -1.71. The zero-order chi connectivity index (χ0) is 13.9. The highest BCUT2D eigenvalue weighted by molar-refractivity contribution is 5.77. The summed E-state index contributed by atoms with van der Waals surface area (Å²) in [6, 6.07) is 3.62. The van der Waals surface area contributed by atoms with E-state index >= 15 is 0 Å². The number of carboxylic acid groups (broad SMARTS) is 1. The van der Waals surface area contributed by atoms with Gasteiger partial charge in [0, 0.05) is 11.6 Å². The summed E-state index contributed by atoms with van der Waals surface area (Å²) in [5.41, 5.74) is 1.66. The summed E-state index contributed by atoms with van der Waals surface area (Å²) in [4.78, 5) is 11.1. The van der Waals surface area contributed by atoms with Gasteiger partial charge in [-0.15, -0.1) is 0 Å². The molecule has 0 heterocycles. The van der Waals surface area contributed by atoms with Crippen molar-refractivity contribution < 1.29 is 19.4 Å². The minimum atomic E-state index is -0.867. The van der Waals surface area contributed by atoms with Gasteiger partial charge in [-0.2, -0.15) is 0 Å². The van der Waals surface area contributed by atoms with E-state index in [0.717, 1.165) is 11.3 Å². The number of hydrogen-bond donors (Lipinski definition) is 1. The summed E-state index contributed by atoms with van der Waals surface area (Å²) in [5, 5.41) is 9.12. The monoisotopic (exact) mass is 252 g/mol. The fraction of sp³-hybridized carbons (Fsp3) is 0.500. The largest absolute Gasteiger partial charge is 0.496 e. The van der Waals surface area contributed by atoms with E-state index in [4.69, 9.17) is 14.6 Å². The van der Waals surface area contributed by atoms with Crippen LogP contribution < -0.4 is 9.47 Å². The average Bonchev–Trinajstić information content (AvgIpc) is 2.35. The molecule has 0 saturated heterocycles. The molecule has 0 radical (unpaired) electrons. The highest BCUT2D eigenvalue weighted by atomic mass is 16.5. The third kappa shape index (κ3) is 2.75. The Morgan fingerprint density at radius 1 is 1.06 bits per heavy atom. The zero-order valence-electron chi connectivity index (χ0n) is 11.5. The molecule has 0 fully saturated rings. The third-order valence-electron chi connectivity index (χ3n) is 3.04. The summed E-state index contributed by atoms with van der Waals surface area (Å²) in [6.07, 6.45) is 0. The summed E-state index contributed by atoms with van der Waals surface area (Å²) in [6.45, 7) is 5.73. The van der Waals surface area contributed by atoms with Crippen LogP contribution in [0.2, 0.25) is 0 Å². The van der Waals surface area contributed by atoms with Crippen molar-refractivity contribution in [3.05, 3.63) is 23.3 Å². The van der Waals surface area contributed by atoms with Crippen LogP contribution in [-0.4, -0.2) is 25.3 Å². The van der Waals surface area contributed by atoms with Crippen LogP contribution in [0.5, 0.6) is 11.5 Å². The Morgan fingerprint density at radius 2 is 1.56 bits per heavy atom. The van der Waals surface area contributed by atoms with Gasteiger partial charge < -0.3 is 14.6 Å². The van der Waals surface area contributed by atoms with Gasteiger partial charge in [0.2, 0.25) is 0 Å². The predicted molar refractivity (Wildman–Crippen MR) is 69.7 cm³/mol. The van der Waals surface area contributed by atoms with E-state index in [1.54, 1.807) is 20.1 Å². The van der Waals surface area contributed by atoms with Gasteiger partial charge in [-0.3, -0.25) is 4.79 Å². The van der Waals surface area contributed by atoms with E-state index in [9.17, 15) is 4.79 Å². The number of benzene rings is 1. The fourth-order valence-corrected chi connectivity index (χ4v) is 1.87. The molecule has 1 unspecified atom stereocenters. The molecule has 4 heteroatoms. The maximum Gasteiger partial charge on any atom is 0.310 e. The third-order valence-corrected chi connectivity index (χ3v) is 3.04. The summed E-state index contributed by atoms with van der Waals surface area (Å²) in [7, 11) is 3.13. The molecule has 0 bridgehead atoms. The van der Waals surface area contributed by atoms with Gasteiger partial charge in [0.15, 0.2) is 0 Å². The maximum atomic E-state index is 11.1. The lowest BCUT2D eigenvalue weighted by molar-refractivity contribution is -0.138. The first kappa shape index (κ1) is 14.4. The van der Waals surface area contributed by atoms with E-state index in [0.29, 0.717) is 11.3 Å². The Morgan fingerprint density at radius 3 is 1.94 bits per heavy atom. The van der Waals surface area contributed by atoms with Crippen molar-refractivity contribution in [1.82, 2.24) is 0 Å². The molecule has 4 nitrogen and oxygen atoms in total. The number of rotatable bonds is 5. The van der Waals surface area contributed by atoms with Crippen LogP contribution in [-0.2, 0) is 4.79 Å². The van der Waals surface area contributed by atoms with E-state index < -0.39 is 11.9 Å². The van der Waals surface area contributed by atoms with E-state index in [-0.39, 0.29) is 5.92 Å². The molecule has 1 aromatic rings. The van der Waals surface area contributed by atoms with Crippen LogP contribution in [0.4, 0.5) is 0 Å². The molecule has 100 valence electrons. The topological polar surface area (TPSA) is 55.8 Å². The SMILES string of the molecule is COc1cc(OC)c(C(C)C(=O)O)cc1C(C)C. The van der Waals surface area contributed by atoms with Crippen LogP contribution in [0.3, 0.4) is 0 Å². The predicted octanol–water partition coefficient (Wildman–Crippen LogP) is 3.02. The van der Waals surface area contributed by atoms with Gasteiger partial charge in [-0.1, -0.05) is 13.8 Å². The van der Waals surface area contributed by atoms with Crippen LogP contribution >= 0.6 is 0 Å². The van der Waals surface area contributed by atoms with Crippen molar-refractivity contribution in [1.29, 1.82) is 0 Å². The maximum absolute atomic E-state index is 11.1. The summed E-state index contributed by atoms with van der Waals surface area (Å²) < 4.78 is 10.6. The minimum Gasteiger partial charge on any atom is -0.496 e. The van der Waals surface area contributed by atoms with Crippen molar-refractivity contribution in [3.8, 4) is 11.5 Å². The lowest BCUT2D eigenvalue weighted by Gasteiger charge is -2.18. The molecule has 0 saturated carbocycles. The number of ether oxygens (including phenoxy) is 2. The molecule has 0 spiro atoms. The second-order valence-electron chi connectivity index (χ2n) is 4.55. The highest BCUT2D eigenvalue weighted by Crippen LogP contribution is 2.36. The van der Waals surface area contributed by atoms with Crippen LogP contribution in [0, 0.1) is 0 Å². The zero-order valence-corrected chi connectivity index (χ0v) is 11.5. The Kier molecular flexibility index (Phi) is 4.59. The molecule has 0 amide bonds. The second-order valence-corrected chi connectivity index (χ2v) is 4.55. The molecular formula is C14H20O4. The van der Waals surface area contributed by atoms with Gasteiger partial charge in [-0.05, 0) is 24.5 Å². The molecule has 0 aliphatic heterocycles. The lowest BCUT2D eigenvalue weighted by Crippen LogP contribution is -2.10. The smallest absolute Gasteiger partial charge is 0.310 e. The van der Waals surface area contributed by atoms with E-state index in [1.165, 1.54) is 7.11 Å². The lowest BCUT2D eigenvalue weighted by atomic mass is 9.93. The highest BCUT2D eigenvalue weighted by Gasteiger charge is 2.21. The van der Waals surface area contributed by atoms with Crippen molar-refractivity contribution in [2.24, 2.45) is 0 Å². The van der Waals surface area contributed by atoms with E-state index in [2.05, 4.69) is 0 Å². The van der Waals surface area contributed by atoms with Crippen LogP contribution in [0.1, 0.15) is 43.7 Å². The number of hydrogen-bond acceptors (Lipinski definition) is 3. The summed E-state index contributed by atoms with van der Waals surface area (Å²) >= 11 is 0. The normalized spacial score (nSPS) is 12.3. The molecule has 1 rings (SSSR count). The average molecular weight is 252 g/mol. The first-order valence-corrected chi connectivity index (χ1v) is 5.91. The Bertz CT molecular complexity index is 438. The van der Waals surface area contributed by atoms with Gasteiger partial charge >= 0.3 is 5.97 Å². The first-order chi connectivity index (χ1) is 8.42. The number of aliphatic carboxylic acids is 1. The van der Waals surface area contributed by atoms with Crippen LogP contribution in [0.15, 0.2) is 12.1 Å².